The number of rotatable bonds is 3. The van der Waals surface area contributed by atoms with Gasteiger partial charge in [-0.3, -0.25) is 0 Å². The molecule has 0 unspecified atom stereocenters. The summed E-state index contributed by atoms with van der Waals surface area (Å²) in [5, 5.41) is 5.25. The Balaban J connectivity index is 0.000000193. The molecule has 0 N–H and O–H groups in total. The third-order valence-corrected chi connectivity index (χ3v) is 8.14. The average Bonchev–Trinajstić information content (AvgIpc) is 3.52. The summed E-state index contributed by atoms with van der Waals surface area (Å²) in [7, 11) is 1.78. The molecule has 0 aromatic heterocycles. The van der Waals surface area contributed by atoms with Crippen molar-refractivity contribution in [3.63, 3.8) is 0 Å². The van der Waals surface area contributed by atoms with Crippen LogP contribution in [-0.4, -0.2) is 7.11 Å². The molecule has 0 bridgehead atoms. The maximum atomic E-state index is 5.87. The molecule has 2 heteroatoms. The van der Waals surface area contributed by atoms with Crippen LogP contribution in [0, 0.1) is 13.8 Å². The summed E-state index contributed by atoms with van der Waals surface area (Å²) < 4.78 is 5.87. The van der Waals surface area contributed by atoms with Gasteiger partial charge in [-0.15, -0.1) is 63.0 Å². The van der Waals surface area contributed by atoms with E-state index in [1.54, 1.807) is 7.11 Å². The van der Waals surface area contributed by atoms with E-state index in [9.17, 15) is 0 Å². The van der Waals surface area contributed by atoms with Crippen LogP contribution in [0.25, 0.3) is 43.8 Å². The van der Waals surface area contributed by atoms with Crippen molar-refractivity contribution in [1.29, 1.82) is 0 Å². The van der Waals surface area contributed by atoms with Crippen molar-refractivity contribution in [2.24, 2.45) is 0 Å². The van der Waals surface area contributed by atoms with Gasteiger partial charge in [-0.05, 0) is 38.6 Å². The van der Waals surface area contributed by atoms with Crippen LogP contribution < -0.4 is 4.74 Å². The molecule has 0 spiro atoms. The van der Waals surface area contributed by atoms with Crippen LogP contribution in [0.2, 0.25) is 0 Å². The van der Waals surface area contributed by atoms with E-state index in [2.05, 4.69) is 159 Å². The van der Waals surface area contributed by atoms with E-state index < -0.39 is 0 Å². The van der Waals surface area contributed by atoms with Crippen molar-refractivity contribution in [2.75, 3.05) is 7.11 Å². The Kier molecular flexibility index (Phi) is 9.73. The summed E-state index contributed by atoms with van der Waals surface area (Å²) in [4.78, 5) is 0. The van der Waals surface area contributed by atoms with Crippen molar-refractivity contribution in [3.8, 4) is 28.0 Å². The molecule has 0 radical (unpaired) electrons. The van der Waals surface area contributed by atoms with Gasteiger partial charge in [0.05, 0.1) is 7.11 Å². The second kappa shape index (κ2) is 12.8. The Morgan fingerprint density at radius 3 is 1.77 bits per heavy atom. The molecule has 218 valence electrons. The second-order valence-electron chi connectivity index (χ2n) is 13.7. The van der Waals surface area contributed by atoms with Crippen molar-refractivity contribution in [2.45, 2.75) is 66.2 Å². The van der Waals surface area contributed by atoms with Crippen LogP contribution in [0.1, 0.15) is 63.8 Å². The summed E-state index contributed by atoms with van der Waals surface area (Å²) >= 11 is 0. The Morgan fingerprint density at radius 2 is 1.19 bits per heavy atom. The topological polar surface area (TPSA) is 9.23 Å². The van der Waals surface area contributed by atoms with E-state index in [1.165, 1.54) is 66.1 Å². The van der Waals surface area contributed by atoms with Gasteiger partial charge in [0, 0.05) is 0 Å². The van der Waals surface area contributed by atoms with Crippen LogP contribution >= 0.6 is 0 Å². The van der Waals surface area contributed by atoms with E-state index in [0.29, 0.717) is 0 Å². The maximum Gasteiger partial charge on any atom is 2.00 e. The second-order valence-corrected chi connectivity index (χ2v) is 13.7. The van der Waals surface area contributed by atoms with E-state index in [1.807, 2.05) is 0 Å². The first-order chi connectivity index (χ1) is 19.9. The molecular formula is C41H44OZr. The summed E-state index contributed by atoms with van der Waals surface area (Å²) in [5.74, 6) is 0.997. The normalized spacial score (nSPS) is 11.7. The van der Waals surface area contributed by atoms with Crippen LogP contribution in [0.15, 0.2) is 103 Å². The fourth-order valence-corrected chi connectivity index (χ4v) is 5.94. The number of benzene rings is 4. The van der Waals surface area contributed by atoms with Gasteiger partial charge >= 0.3 is 26.2 Å². The first-order valence-electron chi connectivity index (χ1n) is 15.0. The van der Waals surface area contributed by atoms with Crippen molar-refractivity contribution in [1.82, 2.24) is 0 Å². The number of hydrogen-bond acceptors (Lipinski definition) is 1. The SMILES string of the molecule is COc1c(C(C)(C)C)cc2[cH-]c(C)cc2c1-c1ccccc1.Cc1cc2c(-c3ccc(C(C)(C)C)cc3)cccc2[cH-]1.[Zr+2]. The van der Waals surface area contributed by atoms with Gasteiger partial charge in [-0.25, -0.2) is 0 Å². The number of hydrogen-bond donors (Lipinski definition) is 0. The Labute approximate surface area is 277 Å². The molecule has 0 atom stereocenters. The van der Waals surface area contributed by atoms with Crippen LogP contribution in [-0.2, 0) is 37.0 Å². The van der Waals surface area contributed by atoms with Crippen molar-refractivity contribution < 1.29 is 30.9 Å². The van der Waals surface area contributed by atoms with Crippen LogP contribution in [0.3, 0.4) is 0 Å². The molecule has 0 fully saturated rings. The standard InChI is InChI=1S/C21H23O.C20H21.Zr/c1-14-11-16-13-18(21(2,3)4)20(22-5)19(17(16)12-14)15-9-7-6-8-10-15;1-14-12-16-6-5-7-18(19(16)13-14)15-8-10-17(11-9-15)20(2,3)4;/h6-13H,1-5H3;5-13H,1-4H3;/q2*-1;+2. The third kappa shape index (κ3) is 6.97. The molecule has 0 heterocycles. The van der Waals surface area contributed by atoms with E-state index in [4.69, 9.17) is 4.74 Å². The molecular weight excluding hydrogens is 600 g/mol. The summed E-state index contributed by atoms with van der Waals surface area (Å²) in [6, 6.07) is 37.4. The molecule has 1 nitrogen and oxygen atoms in total. The van der Waals surface area contributed by atoms with E-state index >= 15 is 0 Å². The number of aryl methyl sites for hydroxylation is 2. The van der Waals surface area contributed by atoms with E-state index in [0.717, 1.165) is 5.75 Å². The molecule has 0 aliphatic carbocycles. The average molecular weight is 644 g/mol. The predicted molar refractivity (Wildman–Crippen MR) is 183 cm³/mol. The molecule has 6 aromatic carbocycles. The number of fused-ring (bicyclic) bond motifs is 2. The largest absolute Gasteiger partial charge is 2.00 e. The number of ether oxygens (including phenoxy) is 1. The maximum absolute atomic E-state index is 5.87. The van der Waals surface area contributed by atoms with Crippen molar-refractivity contribution >= 4 is 21.5 Å². The molecule has 6 rings (SSSR count). The Hall–Kier alpha value is -3.22. The molecule has 0 saturated heterocycles. The van der Waals surface area contributed by atoms with Gasteiger partial charge in [-0.1, -0.05) is 122 Å². The minimum Gasteiger partial charge on any atom is -0.498 e. The Bertz CT molecular complexity index is 1820. The molecule has 0 aliphatic rings. The summed E-state index contributed by atoms with van der Waals surface area (Å²) in [5.41, 5.74) is 10.6. The Morgan fingerprint density at radius 1 is 0.581 bits per heavy atom. The predicted octanol–water partition coefficient (Wildman–Crippen LogP) is 11.7. The quantitative estimate of drug-likeness (QED) is 0.174. The van der Waals surface area contributed by atoms with Gasteiger partial charge in [0.2, 0.25) is 0 Å². The minimum absolute atomic E-state index is 0. The van der Waals surface area contributed by atoms with Crippen LogP contribution in [0.5, 0.6) is 5.75 Å². The van der Waals surface area contributed by atoms with Crippen molar-refractivity contribution in [3.05, 3.63) is 125 Å². The zero-order valence-corrected chi connectivity index (χ0v) is 29.7. The summed E-state index contributed by atoms with van der Waals surface area (Å²) in [6.07, 6.45) is 0. The van der Waals surface area contributed by atoms with Gasteiger partial charge in [-0.2, -0.15) is 12.1 Å². The fourth-order valence-electron chi connectivity index (χ4n) is 5.94. The van der Waals surface area contributed by atoms with Gasteiger partial charge in [0.1, 0.15) is 5.75 Å². The minimum atomic E-state index is 0. The zero-order valence-electron chi connectivity index (χ0n) is 27.2. The first kappa shape index (κ1) is 32.7. The summed E-state index contributed by atoms with van der Waals surface area (Å²) in [6.45, 7) is 17.8. The zero-order chi connectivity index (χ0) is 30.2. The fraction of sp³-hybridized carbons (Fsp3) is 0.268. The van der Waals surface area contributed by atoms with Gasteiger partial charge < -0.3 is 4.74 Å². The number of methoxy groups -OCH3 is 1. The van der Waals surface area contributed by atoms with E-state index in [-0.39, 0.29) is 37.0 Å². The molecule has 0 saturated carbocycles. The van der Waals surface area contributed by atoms with Gasteiger partial charge in [0.15, 0.2) is 0 Å². The molecule has 43 heavy (non-hydrogen) atoms. The third-order valence-electron chi connectivity index (χ3n) is 8.14. The molecule has 0 amide bonds. The first-order valence-corrected chi connectivity index (χ1v) is 15.0. The molecule has 0 aliphatic heterocycles. The molecule has 6 aromatic rings. The monoisotopic (exact) mass is 642 g/mol. The smallest absolute Gasteiger partial charge is 0.498 e. The van der Waals surface area contributed by atoms with Crippen LogP contribution in [0.4, 0.5) is 0 Å². The van der Waals surface area contributed by atoms with Gasteiger partial charge in [0.25, 0.3) is 0 Å².